The molecule has 0 saturated carbocycles. The van der Waals surface area contributed by atoms with Gasteiger partial charge < -0.3 is 15.1 Å². The Hall–Kier alpha value is -2.47. The van der Waals surface area contributed by atoms with Gasteiger partial charge in [0.25, 0.3) is 0 Å². The topological polar surface area (TPSA) is 47.9 Å². The van der Waals surface area contributed by atoms with Crippen LogP contribution < -0.4 is 5.32 Å². The molecule has 0 fully saturated rings. The SMILES string of the molecule is CN=C(NCC(=O)N1CCc2ccccc2C1)N(C)Cc1ccc(SC)cc1. The molecule has 1 aliphatic rings. The molecular weight excluding hydrogens is 368 g/mol. The highest BCUT2D eigenvalue weighted by molar-refractivity contribution is 7.98. The van der Waals surface area contributed by atoms with E-state index in [0.29, 0.717) is 6.54 Å². The van der Waals surface area contributed by atoms with Crippen LogP contribution in [0.5, 0.6) is 0 Å². The van der Waals surface area contributed by atoms with Crippen molar-refractivity contribution < 1.29 is 4.79 Å². The number of nitrogens with one attached hydrogen (secondary N) is 1. The average molecular weight is 397 g/mol. The van der Waals surface area contributed by atoms with E-state index in [4.69, 9.17) is 0 Å². The van der Waals surface area contributed by atoms with Crippen molar-refractivity contribution >= 4 is 23.6 Å². The lowest BCUT2D eigenvalue weighted by atomic mass is 10.00. The number of amides is 1. The zero-order valence-corrected chi connectivity index (χ0v) is 17.6. The molecule has 2 aromatic carbocycles. The van der Waals surface area contributed by atoms with Crippen molar-refractivity contribution in [2.75, 3.05) is 33.4 Å². The predicted molar refractivity (Wildman–Crippen MR) is 117 cm³/mol. The molecule has 0 saturated heterocycles. The number of carbonyl (C=O) groups is 1. The van der Waals surface area contributed by atoms with Gasteiger partial charge in [-0.15, -0.1) is 11.8 Å². The van der Waals surface area contributed by atoms with E-state index in [-0.39, 0.29) is 12.5 Å². The van der Waals surface area contributed by atoms with Crippen molar-refractivity contribution in [3.63, 3.8) is 0 Å². The van der Waals surface area contributed by atoms with Crippen LogP contribution in [0.1, 0.15) is 16.7 Å². The molecule has 3 rings (SSSR count). The molecule has 5 nitrogen and oxygen atoms in total. The Balaban J connectivity index is 1.52. The van der Waals surface area contributed by atoms with Crippen LogP contribution in [0.25, 0.3) is 0 Å². The van der Waals surface area contributed by atoms with Gasteiger partial charge >= 0.3 is 0 Å². The lowest BCUT2D eigenvalue weighted by molar-refractivity contribution is -0.130. The van der Waals surface area contributed by atoms with Gasteiger partial charge in [0.2, 0.25) is 5.91 Å². The van der Waals surface area contributed by atoms with E-state index in [0.717, 1.165) is 25.5 Å². The van der Waals surface area contributed by atoms with Gasteiger partial charge in [0.15, 0.2) is 5.96 Å². The second kappa shape index (κ2) is 9.64. The molecule has 1 amide bonds. The summed E-state index contributed by atoms with van der Waals surface area (Å²) in [5, 5.41) is 3.21. The minimum atomic E-state index is 0.105. The number of benzene rings is 2. The van der Waals surface area contributed by atoms with Gasteiger partial charge in [-0.3, -0.25) is 9.79 Å². The molecule has 0 spiro atoms. The van der Waals surface area contributed by atoms with Crippen LogP contribution in [0.15, 0.2) is 58.4 Å². The van der Waals surface area contributed by atoms with E-state index >= 15 is 0 Å². The third kappa shape index (κ3) is 5.07. The van der Waals surface area contributed by atoms with Gasteiger partial charge in [0.05, 0.1) is 6.54 Å². The number of fused-ring (bicyclic) bond motifs is 1. The molecule has 28 heavy (non-hydrogen) atoms. The Morgan fingerprint density at radius 3 is 2.57 bits per heavy atom. The fourth-order valence-corrected chi connectivity index (χ4v) is 3.85. The van der Waals surface area contributed by atoms with Crippen molar-refractivity contribution in [1.82, 2.24) is 15.1 Å². The second-order valence-electron chi connectivity index (χ2n) is 6.94. The molecule has 148 valence electrons. The summed E-state index contributed by atoms with van der Waals surface area (Å²) in [4.78, 5) is 22.2. The highest BCUT2D eigenvalue weighted by Gasteiger charge is 2.20. The molecule has 0 unspecified atom stereocenters. The van der Waals surface area contributed by atoms with Crippen LogP contribution in [0.2, 0.25) is 0 Å². The molecule has 1 heterocycles. The molecule has 0 aromatic heterocycles. The van der Waals surface area contributed by atoms with Crippen LogP contribution in [0.3, 0.4) is 0 Å². The Morgan fingerprint density at radius 1 is 1.18 bits per heavy atom. The minimum absolute atomic E-state index is 0.105. The third-order valence-corrected chi connectivity index (χ3v) is 5.78. The Kier molecular flexibility index (Phi) is 6.98. The van der Waals surface area contributed by atoms with E-state index in [9.17, 15) is 4.79 Å². The van der Waals surface area contributed by atoms with Crippen LogP contribution in [0.4, 0.5) is 0 Å². The van der Waals surface area contributed by atoms with E-state index in [2.05, 4.69) is 59.0 Å². The summed E-state index contributed by atoms with van der Waals surface area (Å²) in [6.07, 6.45) is 2.99. The van der Waals surface area contributed by atoms with Gasteiger partial charge in [-0.1, -0.05) is 36.4 Å². The normalized spacial score (nSPS) is 13.8. The Morgan fingerprint density at radius 2 is 1.89 bits per heavy atom. The van der Waals surface area contributed by atoms with Crippen molar-refractivity contribution in [2.45, 2.75) is 24.4 Å². The first-order valence-electron chi connectivity index (χ1n) is 9.50. The molecule has 2 aromatic rings. The summed E-state index contributed by atoms with van der Waals surface area (Å²) in [5.74, 6) is 0.827. The Labute approximate surface area is 171 Å². The predicted octanol–water partition coefficient (Wildman–Crippen LogP) is 3.00. The summed E-state index contributed by atoms with van der Waals surface area (Å²) in [6, 6.07) is 16.9. The first-order valence-corrected chi connectivity index (χ1v) is 10.7. The number of nitrogens with zero attached hydrogens (tertiary/aromatic N) is 3. The van der Waals surface area contributed by atoms with Crippen molar-refractivity contribution in [2.24, 2.45) is 4.99 Å². The first kappa shape index (κ1) is 20.3. The lowest BCUT2D eigenvalue weighted by Gasteiger charge is -2.29. The van der Waals surface area contributed by atoms with Gasteiger partial charge in [-0.05, 0) is 41.5 Å². The summed E-state index contributed by atoms with van der Waals surface area (Å²) in [7, 11) is 3.73. The minimum Gasteiger partial charge on any atom is -0.347 e. The maximum absolute atomic E-state index is 12.7. The zero-order chi connectivity index (χ0) is 19.9. The zero-order valence-electron chi connectivity index (χ0n) is 16.8. The van der Waals surface area contributed by atoms with Gasteiger partial charge in [-0.2, -0.15) is 0 Å². The number of carbonyl (C=O) groups excluding carboxylic acids is 1. The molecular formula is C22H28N4OS. The van der Waals surface area contributed by atoms with Crippen LogP contribution >= 0.6 is 11.8 Å². The van der Waals surface area contributed by atoms with E-state index < -0.39 is 0 Å². The molecule has 1 N–H and O–H groups in total. The number of guanidine groups is 1. The molecule has 1 aliphatic heterocycles. The summed E-state index contributed by atoms with van der Waals surface area (Å²) >= 11 is 1.74. The van der Waals surface area contributed by atoms with Crippen molar-refractivity contribution in [1.29, 1.82) is 0 Å². The molecule has 0 atom stereocenters. The highest BCUT2D eigenvalue weighted by Crippen LogP contribution is 2.18. The van der Waals surface area contributed by atoms with Crippen molar-refractivity contribution in [3.8, 4) is 0 Å². The quantitative estimate of drug-likeness (QED) is 0.480. The summed E-state index contributed by atoms with van der Waals surface area (Å²) in [6.45, 7) is 2.45. The smallest absolute Gasteiger partial charge is 0.242 e. The number of rotatable bonds is 5. The van der Waals surface area contributed by atoms with Gasteiger partial charge in [-0.25, -0.2) is 0 Å². The van der Waals surface area contributed by atoms with E-state index in [1.165, 1.54) is 21.6 Å². The number of hydrogen-bond acceptors (Lipinski definition) is 3. The fraction of sp³-hybridized carbons (Fsp3) is 0.364. The van der Waals surface area contributed by atoms with Crippen LogP contribution in [-0.4, -0.2) is 55.1 Å². The molecule has 0 aliphatic carbocycles. The second-order valence-corrected chi connectivity index (χ2v) is 7.82. The van der Waals surface area contributed by atoms with Gasteiger partial charge in [0.1, 0.15) is 0 Å². The standard InChI is InChI=1S/C22H28N4OS/c1-23-22(25(2)15-17-8-10-20(28-3)11-9-17)24-14-21(27)26-13-12-18-6-4-5-7-19(18)16-26/h4-11H,12-16H2,1-3H3,(H,23,24). The average Bonchev–Trinajstić information content (AvgIpc) is 2.74. The number of hydrogen-bond donors (Lipinski definition) is 1. The lowest BCUT2D eigenvalue weighted by Crippen LogP contribution is -2.46. The third-order valence-electron chi connectivity index (χ3n) is 5.03. The van der Waals surface area contributed by atoms with E-state index in [1.54, 1.807) is 18.8 Å². The molecule has 6 heteroatoms. The fourth-order valence-electron chi connectivity index (χ4n) is 3.44. The number of thioether (sulfide) groups is 1. The van der Waals surface area contributed by atoms with Crippen LogP contribution in [0, 0.1) is 0 Å². The monoisotopic (exact) mass is 396 g/mol. The maximum Gasteiger partial charge on any atom is 0.242 e. The number of aliphatic imine (C=N–C) groups is 1. The molecule has 0 bridgehead atoms. The summed E-state index contributed by atoms with van der Waals surface area (Å²) < 4.78 is 0. The largest absolute Gasteiger partial charge is 0.347 e. The van der Waals surface area contributed by atoms with Crippen LogP contribution in [-0.2, 0) is 24.3 Å². The van der Waals surface area contributed by atoms with E-state index in [1.807, 2.05) is 22.9 Å². The first-order chi connectivity index (χ1) is 13.6. The van der Waals surface area contributed by atoms with Crippen molar-refractivity contribution in [3.05, 3.63) is 65.2 Å². The van der Waals surface area contributed by atoms with Gasteiger partial charge in [0, 0.05) is 38.6 Å². The molecule has 0 radical (unpaired) electrons. The summed E-state index contributed by atoms with van der Waals surface area (Å²) in [5.41, 5.74) is 3.81. The maximum atomic E-state index is 12.7. The Bertz CT molecular complexity index is 835. The highest BCUT2D eigenvalue weighted by atomic mass is 32.2.